The van der Waals surface area contributed by atoms with Crippen molar-refractivity contribution in [2.45, 2.75) is 5.41 Å². The van der Waals surface area contributed by atoms with Crippen LogP contribution in [0.1, 0.15) is 22.3 Å². The van der Waals surface area contributed by atoms with Crippen molar-refractivity contribution in [2.24, 2.45) is 0 Å². The Morgan fingerprint density at radius 1 is 0.368 bits per heavy atom. The van der Waals surface area contributed by atoms with Gasteiger partial charge in [0.2, 0.25) is 0 Å². The van der Waals surface area contributed by atoms with Gasteiger partial charge in [-0.3, -0.25) is 4.98 Å². The normalized spacial score (nSPS) is 12.6. The monoisotopic (exact) mass is 985 g/mol. The number of pyridine rings is 1. The molecule has 4 heteroatoms. The number of benzene rings is 11. The van der Waals surface area contributed by atoms with Crippen LogP contribution >= 0.6 is 11.3 Å². The van der Waals surface area contributed by atoms with Gasteiger partial charge in [-0.1, -0.05) is 200 Å². The van der Waals surface area contributed by atoms with E-state index in [1.54, 1.807) is 0 Å². The molecule has 0 bridgehead atoms. The maximum Gasteiger partial charge on any atom is 0.0717 e. The Labute approximate surface area is 445 Å². The first-order chi connectivity index (χ1) is 37.7. The van der Waals surface area contributed by atoms with Gasteiger partial charge < -0.3 is 9.47 Å². The van der Waals surface area contributed by atoms with E-state index in [4.69, 9.17) is 4.98 Å². The molecule has 0 N–H and O–H groups in total. The summed E-state index contributed by atoms with van der Waals surface area (Å²) in [6.07, 6.45) is 1.91. The zero-order valence-electron chi connectivity index (χ0n) is 41.4. The summed E-state index contributed by atoms with van der Waals surface area (Å²) in [5, 5.41) is 4.90. The topological polar surface area (TPSA) is 21.1 Å². The lowest BCUT2D eigenvalue weighted by Gasteiger charge is -2.35. The largest absolute Gasteiger partial charge is 0.310 e. The number of nitrogens with zero attached hydrogens (tertiary/aromatic N) is 3. The fraction of sp³-hybridized carbons (Fsp3) is 0.0139. The first-order valence-corrected chi connectivity index (χ1v) is 26.8. The Morgan fingerprint density at radius 2 is 0.934 bits per heavy atom. The molecule has 11 aromatic carbocycles. The molecule has 0 fully saturated rings. The van der Waals surface area contributed by atoms with Crippen LogP contribution in [0.3, 0.4) is 0 Å². The average Bonchev–Trinajstić information content (AvgIpc) is 4.34. The third-order valence-electron chi connectivity index (χ3n) is 15.7. The molecule has 0 spiro atoms. The van der Waals surface area contributed by atoms with Gasteiger partial charge in [-0.15, -0.1) is 11.3 Å². The second-order valence-corrected chi connectivity index (χ2v) is 20.8. The third-order valence-corrected chi connectivity index (χ3v) is 16.9. The molecule has 1 aliphatic carbocycles. The highest BCUT2D eigenvalue weighted by molar-refractivity contribution is 7.26. The van der Waals surface area contributed by atoms with Crippen LogP contribution in [0, 0.1) is 0 Å². The summed E-state index contributed by atoms with van der Waals surface area (Å²) in [5.74, 6) is 0. The molecule has 356 valence electrons. The predicted molar refractivity (Wildman–Crippen MR) is 320 cm³/mol. The molecule has 3 nitrogen and oxygen atoms in total. The van der Waals surface area contributed by atoms with Crippen LogP contribution in [-0.4, -0.2) is 9.55 Å². The van der Waals surface area contributed by atoms with Crippen LogP contribution in [0.4, 0.5) is 17.1 Å². The Bertz CT molecular complexity index is 4430. The Hall–Kier alpha value is -9.61. The Morgan fingerprint density at radius 3 is 1.63 bits per heavy atom. The van der Waals surface area contributed by atoms with Crippen molar-refractivity contribution in [1.29, 1.82) is 0 Å². The average molecular weight is 986 g/mol. The quantitative estimate of drug-likeness (QED) is 0.144. The number of anilines is 3. The molecule has 0 atom stereocenters. The number of rotatable bonds is 9. The van der Waals surface area contributed by atoms with Gasteiger partial charge in [0.1, 0.15) is 0 Å². The van der Waals surface area contributed by atoms with Crippen LogP contribution in [0.5, 0.6) is 0 Å². The number of fused-ring (bicyclic) bond motifs is 10. The summed E-state index contributed by atoms with van der Waals surface area (Å²) in [7, 11) is 0. The highest BCUT2D eigenvalue weighted by Crippen LogP contribution is 2.58. The molecule has 1 aliphatic rings. The van der Waals surface area contributed by atoms with E-state index in [9.17, 15) is 0 Å². The summed E-state index contributed by atoms with van der Waals surface area (Å²) < 4.78 is 4.91. The molecule has 15 rings (SSSR count). The summed E-state index contributed by atoms with van der Waals surface area (Å²) in [6.45, 7) is 0. The molecule has 76 heavy (non-hydrogen) atoms. The number of para-hydroxylation sites is 1. The minimum atomic E-state index is -0.554. The summed E-state index contributed by atoms with van der Waals surface area (Å²) in [5.41, 5.74) is 20.5. The molecule has 0 amide bonds. The molecule has 0 radical (unpaired) electrons. The van der Waals surface area contributed by atoms with Crippen molar-refractivity contribution in [2.75, 3.05) is 4.90 Å². The van der Waals surface area contributed by atoms with Gasteiger partial charge in [-0.25, -0.2) is 0 Å². The van der Waals surface area contributed by atoms with E-state index < -0.39 is 5.41 Å². The number of hydrogen-bond donors (Lipinski definition) is 0. The van der Waals surface area contributed by atoms with Crippen LogP contribution in [0.25, 0.3) is 92.3 Å². The second-order valence-electron chi connectivity index (χ2n) is 19.8. The smallest absolute Gasteiger partial charge is 0.0717 e. The highest BCUT2D eigenvalue weighted by Gasteiger charge is 2.46. The van der Waals surface area contributed by atoms with Crippen molar-refractivity contribution in [3.05, 3.63) is 308 Å². The summed E-state index contributed by atoms with van der Waals surface area (Å²) in [6, 6.07) is 103. The van der Waals surface area contributed by atoms with Crippen LogP contribution in [0.15, 0.2) is 285 Å². The van der Waals surface area contributed by atoms with E-state index >= 15 is 0 Å². The van der Waals surface area contributed by atoms with Crippen molar-refractivity contribution < 1.29 is 0 Å². The fourth-order valence-electron chi connectivity index (χ4n) is 12.4. The van der Waals surface area contributed by atoms with Crippen LogP contribution in [0.2, 0.25) is 0 Å². The SMILES string of the molecule is c1ccc(-c2ccc(N(c3ccc4c(c3)C(c3ccccc3)(c3ccccc3)c3ccccc3-4)c3ccc4sc5c(-c6ccccn6)cc6c(c7ccc(-c8ccccc8)cc7n6-c6ccccc6)c5c4c3)cc2)cc1. The van der Waals surface area contributed by atoms with E-state index in [1.807, 2.05) is 23.6 Å². The van der Waals surface area contributed by atoms with Crippen molar-refractivity contribution in [3.63, 3.8) is 0 Å². The number of hydrogen-bond acceptors (Lipinski definition) is 3. The molecule has 3 aromatic heterocycles. The van der Waals surface area contributed by atoms with Gasteiger partial charge in [-0.2, -0.15) is 0 Å². The Balaban J connectivity index is 1.02. The van der Waals surface area contributed by atoms with E-state index in [2.05, 4.69) is 282 Å². The maximum atomic E-state index is 5.03. The van der Waals surface area contributed by atoms with E-state index in [-0.39, 0.29) is 0 Å². The first-order valence-electron chi connectivity index (χ1n) is 26.0. The molecule has 0 aliphatic heterocycles. The molecule has 0 saturated heterocycles. The van der Waals surface area contributed by atoms with Crippen LogP contribution in [-0.2, 0) is 5.41 Å². The van der Waals surface area contributed by atoms with Crippen molar-refractivity contribution in [1.82, 2.24) is 9.55 Å². The minimum Gasteiger partial charge on any atom is -0.310 e. The lowest BCUT2D eigenvalue weighted by Crippen LogP contribution is -2.28. The standard InChI is InChI=1S/C72H47N3S/c1-6-20-48(21-7-1)50-33-36-55(37-34-50)74(57-38-41-59-58-30-16-17-31-63(58)72(64(59)46-57,52-24-10-3-11-25-52)53-26-12-4-13-27-53)56-39-42-68-62(45-56)70-69-60-40-35-51(49-22-8-2-9-23-49)44-66(60)75(54-28-14-5-15-29-54)67(69)47-61(71(70)76-68)65-32-18-19-43-73-65/h1-47H. The van der Waals surface area contributed by atoms with Gasteiger partial charge >= 0.3 is 0 Å². The fourth-order valence-corrected chi connectivity index (χ4v) is 13.6. The minimum absolute atomic E-state index is 0.554. The molecule has 0 saturated carbocycles. The van der Waals surface area contributed by atoms with Gasteiger partial charge in [0, 0.05) is 65.5 Å². The summed E-state index contributed by atoms with van der Waals surface area (Å²) in [4.78, 5) is 7.50. The second kappa shape index (κ2) is 17.8. The zero-order valence-corrected chi connectivity index (χ0v) is 42.2. The van der Waals surface area contributed by atoms with Gasteiger partial charge in [0.25, 0.3) is 0 Å². The van der Waals surface area contributed by atoms with Crippen LogP contribution < -0.4 is 4.90 Å². The lowest BCUT2D eigenvalue weighted by molar-refractivity contribution is 0.768. The van der Waals surface area contributed by atoms with E-state index in [1.165, 1.54) is 86.6 Å². The Kier molecular flexibility index (Phi) is 10.3. The number of aromatic nitrogens is 2. The third kappa shape index (κ3) is 6.85. The molecular weight excluding hydrogens is 939 g/mol. The van der Waals surface area contributed by atoms with Gasteiger partial charge in [0.15, 0.2) is 0 Å². The maximum absolute atomic E-state index is 5.03. The zero-order chi connectivity index (χ0) is 50.2. The van der Waals surface area contributed by atoms with Gasteiger partial charge in [-0.05, 0) is 134 Å². The molecular formula is C72H47N3S. The lowest BCUT2D eigenvalue weighted by atomic mass is 9.67. The van der Waals surface area contributed by atoms with E-state index in [0.717, 1.165) is 45.0 Å². The van der Waals surface area contributed by atoms with Crippen molar-refractivity contribution >= 4 is 70.4 Å². The number of thiophene rings is 1. The molecule has 0 unspecified atom stereocenters. The van der Waals surface area contributed by atoms with Gasteiger partial charge in [0.05, 0.1) is 22.1 Å². The summed E-state index contributed by atoms with van der Waals surface area (Å²) >= 11 is 1.86. The molecule has 3 heterocycles. The molecule has 14 aromatic rings. The highest BCUT2D eigenvalue weighted by atomic mass is 32.1. The predicted octanol–water partition coefficient (Wildman–Crippen LogP) is 19.4. The van der Waals surface area contributed by atoms with E-state index in [0.29, 0.717) is 0 Å². The first kappa shape index (κ1) is 43.9. The van der Waals surface area contributed by atoms with Crippen molar-refractivity contribution in [3.8, 4) is 50.3 Å².